The number of nitrogens with zero attached hydrogens (tertiary/aromatic N) is 1. The van der Waals surface area contributed by atoms with Crippen molar-refractivity contribution in [2.24, 2.45) is 0 Å². The number of ether oxygens (including phenoxy) is 1. The van der Waals surface area contributed by atoms with Crippen molar-refractivity contribution in [1.82, 2.24) is 10.2 Å². The van der Waals surface area contributed by atoms with Gasteiger partial charge in [-0.2, -0.15) is 0 Å². The lowest BCUT2D eigenvalue weighted by molar-refractivity contribution is 0.0265. The van der Waals surface area contributed by atoms with Crippen LogP contribution in [0.5, 0.6) is 0 Å². The highest BCUT2D eigenvalue weighted by Gasteiger charge is 2.23. The van der Waals surface area contributed by atoms with Crippen molar-refractivity contribution in [2.45, 2.75) is 39.7 Å². The molecule has 0 spiro atoms. The number of nitrogens with one attached hydrogen (secondary N) is 1. The number of likely N-dealkylation sites (N-methyl/N-ethyl adjacent to an activating group) is 1. The van der Waals surface area contributed by atoms with Gasteiger partial charge in [-0.05, 0) is 33.7 Å². The Hall–Kier alpha value is -1.03. The van der Waals surface area contributed by atoms with Gasteiger partial charge in [-0.1, -0.05) is 18.6 Å². The third kappa shape index (κ3) is 5.22. The summed E-state index contributed by atoms with van der Waals surface area (Å²) in [6.07, 6.45) is 2.85. The van der Waals surface area contributed by atoms with E-state index in [1.54, 1.807) is 4.90 Å². The Morgan fingerprint density at radius 1 is 1.53 bits per heavy atom. The van der Waals surface area contributed by atoms with Crippen LogP contribution in [-0.2, 0) is 4.74 Å². The SMILES string of the molecule is CCNCC1=CCN(C(=O)OC(C)(C)C)CC1. The Balaban J connectivity index is 2.40. The van der Waals surface area contributed by atoms with E-state index in [2.05, 4.69) is 18.3 Å². The minimum Gasteiger partial charge on any atom is -0.444 e. The summed E-state index contributed by atoms with van der Waals surface area (Å²) in [5.41, 5.74) is 0.969. The number of amides is 1. The molecule has 17 heavy (non-hydrogen) atoms. The average Bonchev–Trinajstić information content (AvgIpc) is 2.24. The molecule has 0 bridgehead atoms. The lowest BCUT2D eigenvalue weighted by Gasteiger charge is -2.29. The van der Waals surface area contributed by atoms with Crippen molar-refractivity contribution in [2.75, 3.05) is 26.2 Å². The fourth-order valence-electron chi connectivity index (χ4n) is 1.65. The van der Waals surface area contributed by atoms with Crippen LogP contribution in [-0.4, -0.2) is 42.8 Å². The van der Waals surface area contributed by atoms with Gasteiger partial charge in [0.05, 0.1) is 0 Å². The van der Waals surface area contributed by atoms with Gasteiger partial charge in [0.2, 0.25) is 0 Å². The van der Waals surface area contributed by atoms with E-state index < -0.39 is 5.60 Å². The van der Waals surface area contributed by atoms with Crippen LogP contribution in [0.1, 0.15) is 34.1 Å². The Morgan fingerprint density at radius 3 is 2.71 bits per heavy atom. The van der Waals surface area contributed by atoms with E-state index in [1.807, 2.05) is 20.8 Å². The monoisotopic (exact) mass is 240 g/mol. The van der Waals surface area contributed by atoms with Crippen molar-refractivity contribution in [3.8, 4) is 0 Å². The quantitative estimate of drug-likeness (QED) is 0.769. The van der Waals surface area contributed by atoms with Gasteiger partial charge >= 0.3 is 6.09 Å². The number of carbonyl (C=O) groups excluding carboxylic acids is 1. The van der Waals surface area contributed by atoms with E-state index in [0.717, 1.165) is 26.1 Å². The third-order valence-electron chi connectivity index (χ3n) is 2.56. The van der Waals surface area contributed by atoms with E-state index in [0.29, 0.717) is 6.54 Å². The van der Waals surface area contributed by atoms with Gasteiger partial charge in [0, 0.05) is 19.6 Å². The van der Waals surface area contributed by atoms with Crippen LogP contribution in [0, 0.1) is 0 Å². The first kappa shape index (κ1) is 14.0. The van der Waals surface area contributed by atoms with Crippen LogP contribution in [0.4, 0.5) is 4.79 Å². The van der Waals surface area contributed by atoms with Crippen LogP contribution in [0.15, 0.2) is 11.6 Å². The maximum absolute atomic E-state index is 11.8. The molecule has 1 amide bonds. The summed E-state index contributed by atoms with van der Waals surface area (Å²) < 4.78 is 5.34. The zero-order valence-electron chi connectivity index (χ0n) is 11.4. The van der Waals surface area contributed by atoms with Gasteiger partial charge in [0.15, 0.2) is 0 Å². The Bertz CT molecular complexity index is 292. The summed E-state index contributed by atoms with van der Waals surface area (Å²) in [6.45, 7) is 11.1. The molecular weight excluding hydrogens is 216 g/mol. The molecule has 0 aromatic carbocycles. The molecule has 98 valence electrons. The summed E-state index contributed by atoms with van der Waals surface area (Å²) in [5, 5.41) is 3.30. The van der Waals surface area contributed by atoms with Gasteiger partial charge in [-0.3, -0.25) is 0 Å². The van der Waals surface area contributed by atoms with Crippen LogP contribution < -0.4 is 5.32 Å². The molecule has 0 radical (unpaired) electrons. The van der Waals surface area contributed by atoms with Gasteiger partial charge in [-0.25, -0.2) is 4.79 Å². The highest BCUT2D eigenvalue weighted by Crippen LogP contribution is 2.14. The first-order chi connectivity index (χ1) is 7.92. The van der Waals surface area contributed by atoms with Gasteiger partial charge in [0.25, 0.3) is 0 Å². The fourth-order valence-corrected chi connectivity index (χ4v) is 1.65. The van der Waals surface area contributed by atoms with Crippen molar-refractivity contribution in [3.63, 3.8) is 0 Å². The second kappa shape index (κ2) is 6.05. The molecule has 0 fully saturated rings. The van der Waals surface area contributed by atoms with E-state index in [9.17, 15) is 4.79 Å². The molecule has 0 aliphatic carbocycles. The predicted molar refractivity (Wildman–Crippen MR) is 69.1 cm³/mol. The maximum Gasteiger partial charge on any atom is 0.410 e. The second-order valence-electron chi connectivity index (χ2n) is 5.32. The third-order valence-corrected chi connectivity index (χ3v) is 2.56. The molecule has 1 heterocycles. The normalized spacial score (nSPS) is 16.7. The minimum absolute atomic E-state index is 0.212. The standard InChI is InChI=1S/C13H24N2O2/c1-5-14-10-11-6-8-15(9-7-11)12(16)17-13(2,3)4/h6,14H,5,7-10H2,1-4H3. The molecule has 0 saturated heterocycles. The number of hydrogen-bond donors (Lipinski definition) is 1. The zero-order valence-corrected chi connectivity index (χ0v) is 11.4. The van der Waals surface area contributed by atoms with E-state index >= 15 is 0 Å². The van der Waals surface area contributed by atoms with Crippen LogP contribution >= 0.6 is 0 Å². The molecule has 0 unspecified atom stereocenters. The minimum atomic E-state index is -0.412. The fraction of sp³-hybridized carbons (Fsp3) is 0.769. The number of hydrogen-bond acceptors (Lipinski definition) is 3. The predicted octanol–water partition coefficient (Wildman–Crippen LogP) is 2.16. The molecule has 0 saturated carbocycles. The van der Waals surface area contributed by atoms with Crippen molar-refractivity contribution < 1.29 is 9.53 Å². The van der Waals surface area contributed by atoms with Crippen molar-refractivity contribution in [3.05, 3.63) is 11.6 Å². The van der Waals surface area contributed by atoms with Gasteiger partial charge < -0.3 is 15.0 Å². The molecular formula is C13H24N2O2. The first-order valence-corrected chi connectivity index (χ1v) is 6.29. The summed E-state index contributed by atoms with van der Waals surface area (Å²) in [6, 6.07) is 0. The molecule has 1 rings (SSSR count). The Morgan fingerprint density at radius 2 is 2.24 bits per heavy atom. The zero-order chi connectivity index (χ0) is 12.9. The highest BCUT2D eigenvalue weighted by atomic mass is 16.6. The molecule has 1 aliphatic heterocycles. The van der Waals surface area contributed by atoms with E-state index in [4.69, 9.17) is 4.74 Å². The number of carbonyl (C=O) groups is 1. The molecule has 0 atom stereocenters. The highest BCUT2D eigenvalue weighted by molar-refractivity contribution is 5.68. The molecule has 4 heteroatoms. The summed E-state index contributed by atoms with van der Waals surface area (Å²) in [5.74, 6) is 0. The van der Waals surface area contributed by atoms with E-state index in [1.165, 1.54) is 5.57 Å². The Kier molecular flexibility index (Phi) is 5.00. The second-order valence-corrected chi connectivity index (χ2v) is 5.32. The number of rotatable bonds is 3. The lowest BCUT2D eigenvalue weighted by atomic mass is 10.1. The molecule has 1 N–H and O–H groups in total. The average molecular weight is 240 g/mol. The van der Waals surface area contributed by atoms with Crippen LogP contribution in [0.25, 0.3) is 0 Å². The maximum atomic E-state index is 11.8. The Labute approximate surface area is 104 Å². The summed E-state index contributed by atoms with van der Waals surface area (Å²) in [7, 11) is 0. The molecule has 0 aromatic rings. The first-order valence-electron chi connectivity index (χ1n) is 6.29. The van der Waals surface area contributed by atoms with Crippen molar-refractivity contribution >= 4 is 6.09 Å². The van der Waals surface area contributed by atoms with Crippen molar-refractivity contribution in [1.29, 1.82) is 0 Å². The van der Waals surface area contributed by atoms with E-state index in [-0.39, 0.29) is 6.09 Å². The largest absolute Gasteiger partial charge is 0.444 e. The molecule has 4 nitrogen and oxygen atoms in total. The summed E-state index contributed by atoms with van der Waals surface area (Å²) in [4.78, 5) is 13.5. The van der Waals surface area contributed by atoms with Crippen LogP contribution in [0.3, 0.4) is 0 Å². The molecule has 1 aliphatic rings. The molecule has 0 aromatic heterocycles. The van der Waals surface area contributed by atoms with Gasteiger partial charge in [-0.15, -0.1) is 0 Å². The summed E-state index contributed by atoms with van der Waals surface area (Å²) >= 11 is 0. The van der Waals surface area contributed by atoms with Crippen LogP contribution in [0.2, 0.25) is 0 Å². The topological polar surface area (TPSA) is 41.6 Å². The van der Waals surface area contributed by atoms with Gasteiger partial charge in [0.1, 0.15) is 5.60 Å². The smallest absolute Gasteiger partial charge is 0.410 e. The lowest BCUT2D eigenvalue weighted by Crippen LogP contribution is -2.39.